The van der Waals surface area contributed by atoms with Crippen LogP contribution in [-0.4, -0.2) is 63.0 Å². The molecule has 0 aliphatic carbocycles. The van der Waals surface area contributed by atoms with Crippen LogP contribution in [0.15, 0.2) is 47.4 Å². The van der Waals surface area contributed by atoms with Gasteiger partial charge >= 0.3 is 0 Å². The Hall–Kier alpha value is -2.49. The first kappa shape index (κ1) is 24.6. The second-order valence-electron chi connectivity index (χ2n) is 9.05. The monoisotopic (exact) mass is 489 g/mol. The van der Waals surface area contributed by atoms with Gasteiger partial charge in [-0.1, -0.05) is 18.6 Å². The van der Waals surface area contributed by atoms with Gasteiger partial charge in [0.05, 0.1) is 17.1 Å². The number of sulfonamides is 1. The van der Waals surface area contributed by atoms with Gasteiger partial charge in [-0.2, -0.15) is 0 Å². The van der Waals surface area contributed by atoms with Crippen molar-refractivity contribution < 1.29 is 22.3 Å². The molecule has 1 fully saturated rings. The molecular weight excluding hydrogens is 457 g/mol. The first-order valence-corrected chi connectivity index (χ1v) is 13.4. The molecule has 0 radical (unpaired) electrons. The summed E-state index contributed by atoms with van der Waals surface area (Å²) in [6.07, 6.45) is 6.00. The molecule has 34 heavy (non-hydrogen) atoms. The van der Waals surface area contributed by atoms with Gasteiger partial charge in [0.1, 0.15) is 11.6 Å². The molecule has 184 valence electrons. The maximum Gasteiger partial charge on any atom is 0.256 e. The molecule has 0 aromatic heterocycles. The van der Waals surface area contributed by atoms with E-state index in [9.17, 15) is 17.6 Å². The van der Waals surface area contributed by atoms with E-state index in [0.29, 0.717) is 38.7 Å². The van der Waals surface area contributed by atoms with Crippen LogP contribution in [0.2, 0.25) is 0 Å². The zero-order chi connectivity index (χ0) is 24.1. The molecule has 1 saturated heterocycles. The predicted molar refractivity (Wildman–Crippen MR) is 128 cm³/mol. The van der Waals surface area contributed by atoms with Crippen LogP contribution in [0.25, 0.3) is 0 Å². The third kappa shape index (κ3) is 6.14. The van der Waals surface area contributed by atoms with Crippen molar-refractivity contribution in [1.82, 2.24) is 9.80 Å². The Labute approximate surface area is 200 Å². The number of hydrogen-bond donors (Lipinski definition) is 1. The number of carbonyl (C=O) groups is 1. The minimum atomic E-state index is -4.05. The summed E-state index contributed by atoms with van der Waals surface area (Å²) in [5, 5.41) is 5.20. The fourth-order valence-electron chi connectivity index (χ4n) is 4.83. The highest BCUT2D eigenvalue weighted by atomic mass is 32.2. The van der Waals surface area contributed by atoms with Gasteiger partial charge in [0.15, 0.2) is 0 Å². The van der Waals surface area contributed by atoms with E-state index in [1.54, 1.807) is 4.90 Å². The molecule has 0 saturated carbocycles. The van der Waals surface area contributed by atoms with Crippen molar-refractivity contribution in [3.8, 4) is 5.75 Å². The molecule has 1 unspecified atom stereocenters. The van der Waals surface area contributed by atoms with Crippen LogP contribution >= 0.6 is 0 Å². The molecule has 2 aromatic rings. The number of amides is 1. The highest BCUT2D eigenvalue weighted by Crippen LogP contribution is 2.24. The zero-order valence-corrected chi connectivity index (χ0v) is 20.1. The summed E-state index contributed by atoms with van der Waals surface area (Å²) >= 11 is 0. The van der Waals surface area contributed by atoms with Crippen molar-refractivity contribution in [1.29, 1.82) is 0 Å². The maximum atomic E-state index is 14.6. The number of benzene rings is 2. The van der Waals surface area contributed by atoms with E-state index in [0.717, 1.165) is 56.2 Å². The summed E-state index contributed by atoms with van der Waals surface area (Å²) in [4.78, 5) is 17.1. The van der Waals surface area contributed by atoms with Crippen molar-refractivity contribution in [2.24, 2.45) is 5.14 Å². The summed E-state index contributed by atoms with van der Waals surface area (Å²) in [7, 11) is -4.05. The molecule has 2 aromatic carbocycles. The number of nitrogens with two attached hydrogens (primary N) is 1. The number of rotatable bonds is 2. The van der Waals surface area contributed by atoms with Crippen LogP contribution in [-0.2, 0) is 16.4 Å². The second-order valence-corrected chi connectivity index (χ2v) is 10.6. The number of ether oxygens (including phenoxy) is 1. The highest BCUT2D eigenvalue weighted by molar-refractivity contribution is 7.89. The molecule has 1 amide bonds. The number of piperidine rings is 1. The van der Waals surface area contributed by atoms with Gasteiger partial charge in [-0.15, -0.1) is 0 Å². The lowest BCUT2D eigenvalue weighted by molar-refractivity contribution is 0.0678. The van der Waals surface area contributed by atoms with Crippen LogP contribution in [0.4, 0.5) is 4.39 Å². The number of nitrogens with zero attached hydrogens (tertiary/aromatic N) is 2. The Morgan fingerprint density at radius 1 is 1.00 bits per heavy atom. The number of carbonyl (C=O) groups excluding carboxylic acids is 1. The number of primary sulfonamides is 1. The second kappa shape index (κ2) is 10.8. The summed E-state index contributed by atoms with van der Waals surface area (Å²) in [5.74, 6) is -0.494. The van der Waals surface area contributed by atoms with Crippen molar-refractivity contribution in [3.63, 3.8) is 0 Å². The van der Waals surface area contributed by atoms with Crippen LogP contribution in [0.3, 0.4) is 0 Å². The van der Waals surface area contributed by atoms with Crippen LogP contribution in [0.5, 0.6) is 5.75 Å². The quantitative estimate of drug-likeness (QED) is 0.700. The molecule has 7 nitrogen and oxygen atoms in total. The van der Waals surface area contributed by atoms with E-state index in [4.69, 9.17) is 9.88 Å². The molecule has 0 spiro atoms. The molecule has 2 heterocycles. The third-order valence-corrected chi connectivity index (χ3v) is 7.61. The van der Waals surface area contributed by atoms with E-state index in [1.807, 2.05) is 12.1 Å². The van der Waals surface area contributed by atoms with Gasteiger partial charge in [0.25, 0.3) is 5.91 Å². The van der Waals surface area contributed by atoms with Gasteiger partial charge in [-0.05, 0) is 74.5 Å². The van der Waals surface area contributed by atoms with Crippen molar-refractivity contribution >= 4 is 15.9 Å². The first-order chi connectivity index (χ1) is 16.3. The van der Waals surface area contributed by atoms with Gasteiger partial charge < -0.3 is 9.64 Å². The lowest BCUT2D eigenvalue weighted by Gasteiger charge is -2.37. The van der Waals surface area contributed by atoms with Crippen LogP contribution in [0, 0.1) is 5.82 Å². The van der Waals surface area contributed by atoms with Gasteiger partial charge in [-0.3, -0.25) is 9.69 Å². The number of hydrogen-bond acceptors (Lipinski definition) is 5. The average Bonchev–Trinajstić information content (AvgIpc) is 2.82. The molecular formula is C25H32FN3O4S. The van der Waals surface area contributed by atoms with Gasteiger partial charge in [0.2, 0.25) is 10.0 Å². The Morgan fingerprint density at radius 2 is 1.85 bits per heavy atom. The SMILES string of the molecule is NS(=O)(=O)c1ccc(F)c(C(=O)N2CCCOc3cccc(c3)CCC3CCCCN3CC2)c1. The smallest absolute Gasteiger partial charge is 0.256 e. The van der Waals surface area contributed by atoms with E-state index in [-0.39, 0.29) is 10.5 Å². The zero-order valence-electron chi connectivity index (χ0n) is 19.3. The number of fused-ring (bicyclic) bond motifs is 3. The Bertz CT molecular complexity index is 1120. The van der Waals surface area contributed by atoms with Gasteiger partial charge in [-0.25, -0.2) is 17.9 Å². The minimum absolute atomic E-state index is 0.279. The Morgan fingerprint density at radius 3 is 2.68 bits per heavy atom. The first-order valence-electron chi connectivity index (χ1n) is 11.9. The highest BCUT2D eigenvalue weighted by Gasteiger charge is 2.26. The van der Waals surface area contributed by atoms with E-state index in [1.165, 1.54) is 12.0 Å². The van der Waals surface area contributed by atoms with E-state index in [2.05, 4.69) is 17.0 Å². The Balaban J connectivity index is 1.57. The minimum Gasteiger partial charge on any atom is -0.494 e. The van der Waals surface area contributed by atoms with Crippen molar-refractivity contribution in [2.45, 2.75) is 49.5 Å². The fraction of sp³-hybridized carbons (Fsp3) is 0.480. The lowest BCUT2D eigenvalue weighted by atomic mass is 9.95. The third-order valence-electron chi connectivity index (χ3n) is 6.70. The molecule has 2 N–H and O–H groups in total. The Kier molecular flexibility index (Phi) is 7.85. The lowest BCUT2D eigenvalue weighted by Crippen LogP contribution is -2.46. The van der Waals surface area contributed by atoms with Crippen molar-refractivity contribution in [2.75, 3.05) is 32.8 Å². The van der Waals surface area contributed by atoms with Crippen LogP contribution in [0.1, 0.15) is 48.0 Å². The van der Waals surface area contributed by atoms with E-state index >= 15 is 0 Å². The normalized spacial score (nSPS) is 20.6. The number of aryl methyl sites for hydroxylation is 1. The molecule has 2 bridgehead atoms. The fourth-order valence-corrected chi connectivity index (χ4v) is 5.37. The van der Waals surface area contributed by atoms with Gasteiger partial charge in [0, 0.05) is 25.7 Å². The van der Waals surface area contributed by atoms with Crippen molar-refractivity contribution in [3.05, 3.63) is 59.4 Å². The molecule has 2 aliphatic rings. The van der Waals surface area contributed by atoms with Crippen LogP contribution < -0.4 is 9.88 Å². The summed E-state index contributed by atoms with van der Waals surface area (Å²) in [5.41, 5.74) is 0.985. The summed E-state index contributed by atoms with van der Waals surface area (Å²) < 4.78 is 44.0. The summed E-state index contributed by atoms with van der Waals surface area (Å²) in [6, 6.07) is 11.7. The maximum absolute atomic E-state index is 14.6. The largest absolute Gasteiger partial charge is 0.494 e. The molecule has 9 heteroatoms. The average molecular weight is 490 g/mol. The molecule has 2 aliphatic heterocycles. The predicted octanol–water partition coefficient (Wildman–Crippen LogP) is 3.19. The number of halogens is 1. The standard InChI is InChI=1S/C25H32FN3O4S/c26-24-11-10-22(34(27,31)32)18-23(24)25(30)29-13-4-16-33-21-7-3-5-19(17-21)8-9-20-6-1-2-12-28(20)14-15-29/h3,5,7,10-11,17-18,20H,1-2,4,6,8-9,12-16H2,(H2,27,31,32). The molecule has 4 rings (SSSR count). The van der Waals surface area contributed by atoms with E-state index < -0.39 is 21.7 Å². The topological polar surface area (TPSA) is 92.9 Å². The molecule has 1 atom stereocenters. The summed E-state index contributed by atoms with van der Waals surface area (Å²) in [6.45, 7) is 2.88.